The van der Waals surface area contributed by atoms with E-state index in [9.17, 15) is 9.00 Å². The fourth-order valence-corrected chi connectivity index (χ4v) is 6.19. The predicted octanol–water partition coefficient (Wildman–Crippen LogP) is 5.87. The third-order valence-electron chi connectivity index (χ3n) is 7.78. The van der Waals surface area contributed by atoms with E-state index in [1.54, 1.807) is 25.4 Å². The van der Waals surface area contributed by atoms with E-state index in [1.807, 2.05) is 52.8 Å². The number of ether oxygens (including phenoxy) is 2. The summed E-state index contributed by atoms with van der Waals surface area (Å²) in [5.74, 6) is 1.63. The zero-order chi connectivity index (χ0) is 27.5. The molecule has 3 heterocycles. The summed E-state index contributed by atoms with van der Waals surface area (Å²) in [7, 11) is 0.414. The average Bonchev–Trinajstić information content (AvgIpc) is 3.67. The number of methoxy groups -OCH3 is 1. The molecule has 38 heavy (non-hydrogen) atoms. The van der Waals surface area contributed by atoms with Gasteiger partial charge in [-0.3, -0.25) is 0 Å². The molecule has 2 N–H and O–H groups in total. The van der Waals surface area contributed by atoms with E-state index in [1.165, 1.54) is 0 Å². The standard InChI is InChI=1S/C29H36N4O4S/c1-8-21(33-38(35)27(2,3)4)17-9-11-22(36-7)20-16-30-24(15-19(17)20)31-23-12-10-18-25(32-23)29(13-14-29)28(5,6)37-26(18)34/h9-12,15-16,21,33H,8,13-14H2,1-7H3,(H,30,31,32)/t21-,38+/m1/s1. The largest absolute Gasteiger partial charge is 0.496 e. The van der Waals surface area contributed by atoms with E-state index in [4.69, 9.17) is 14.5 Å². The molecule has 1 aromatic carbocycles. The summed E-state index contributed by atoms with van der Waals surface area (Å²) in [5.41, 5.74) is 1.52. The number of nitrogens with zero attached hydrogens (tertiary/aromatic N) is 2. The van der Waals surface area contributed by atoms with Gasteiger partial charge in [0.05, 0.1) is 39.5 Å². The molecule has 3 aromatic rings. The van der Waals surface area contributed by atoms with Gasteiger partial charge in [-0.1, -0.05) is 13.0 Å². The van der Waals surface area contributed by atoms with E-state index in [0.717, 1.165) is 47.0 Å². The van der Waals surface area contributed by atoms with Crippen LogP contribution in [0.15, 0.2) is 36.5 Å². The summed E-state index contributed by atoms with van der Waals surface area (Å²) >= 11 is 0. The SMILES string of the molecule is CC[C@@H](N[S@@](=O)C(C)(C)C)c1ccc(OC)c2cnc(Nc3ccc4c(n3)C3(CC3)C(C)(C)OC4=O)cc12. The molecule has 1 aliphatic carbocycles. The van der Waals surface area contributed by atoms with Crippen LogP contribution in [0.25, 0.3) is 10.8 Å². The van der Waals surface area contributed by atoms with Crippen molar-refractivity contribution in [2.24, 2.45) is 0 Å². The third-order valence-corrected chi connectivity index (χ3v) is 9.39. The third kappa shape index (κ3) is 4.45. The topological polar surface area (TPSA) is 102 Å². The first-order valence-corrected chi connectivity index (χ1v) is 14.2. The van der Waals surface area contributed by atoms with Crippen LogP contribution in [0.5, 0.6) is 5.75 Å². The summed E-state index contributed by atoms with van der Waals surface area (Å²) in [5, 5.41) is 5.17. The van der Waals surface area contributed by atoms with Crippen LogP contribution in [0.1, 0.15) is 88.5 Å². The van der Waals surface area contributed by atoms with Crippen molar-refractivity contribution in [2.75, 3.05) is 12.4 Å². The molecular weight excluding hydrogens is 500 g/mol. The smallest absolute Gasteiger partial charge is 0.340 e. The van der Waals surface area contributed by atoms with E-state index in [-0.39, 0.29) is 22.2 Å². The van der Waals surface area contributed by atoms with Gasteiger partial charge in [0.2, 0.25) is 0 Å². The van der Waals surface area contributed by atoms with E-state index in [0.29, 0.717) is 17.2 Å². The number of hydrogen-bond donors (Lipinski definition) is 2. The zero-order valence-electron chi connectivity index (χ0n) is 23.1. The summed E-state index contributed by atoms with van der Waals surface area (Å²) in [6.45, 7) is 11.9. The quantitative estimate of drug-likeness (QED) is 0.364. The van der Waals surface area contributed by atoms with Crippen LogP contribution in [0.2, 0.25) is 0 Å². The van der Waals surface area contributed by atoms with Crippen molar-refractivity contribution in [3.8, 4) is 5.75 Å². The van der Waals surface area contributed by atoms with Crippen LogP contribution in [0.4, 0.5) is 11.6 Å². The van der Waals surface area contributed by atoms with Gasteiger partial charge in [-0.25, -0.2) is 23.7 Å². The molecule has 8 nitrogen and oxygen atoms in total. The van der Waals surface area contributed by atoms with Gasteiger partial charge in [0.15, 0.2) is 0 Å². The molecule has 0 unspecified atom stereocenters. The normalized spacial score (nSPS) is 19.0. The van der Waals surface area contributed by atoms with Crippen molar-refractivity contribution in [2.45, 2.75) is 82.6 Å². The van der Waals surface area contributed by atoms with Crippen LogP contribution in [-0.2, 0) is 21.1 Å². The van der Waals surface area contributed by atoms with Crippen LogP contribution in [0, 0.1) is 0 Å². The Labute approximate surface area is 226 Å². The molecule has 0 radical (unpaired) electrons. The van der Waals surface area contributed by atoms with Crippen molar-refractivity contribution < 1.29 is 18.5 Å². The molecule has 0 bridgehead atoms. The van der Waals surface area contributed by atoms with Gasteiger partial charge in [-0.05, 0) is 89.1 Å². The molecule has 0 amide bonds. The Kier molecular flexibility index (Phi) is 6.51. The number of esters is 1. The van der Waals surface area contributed by atoms with Crippen LogP contribution in [-0.4, -0.2) is 37.6 Å². The summed E-state index contributed by atoms with van der Waals surface area (Å²) < 4.78 is 27.2. The Morgan fingerprint density at radius 1 is 1.13 bits per heavy atom. The van der Waals surface area contributed by atoms with Crippen LogP contribution >= 0.6 is 0 Å². The molecule has 2 aromatic heterocycles. The Hall–Kier alpha value is -3.04. The maximum Gasteiger partial charge on any atom is 0.340 e. The van der Waals surface area contributed by atoms with Gasteiger partial charge in [0, 0.05) is 17.6 Å². The number of carbonyl (C=O) groups is 1. The van der Waals surface area contributed by atoms with Crippen LogP contribution in [0.3, 0.4) is 0 Å². The van der Waals surface area contributed by atoms with Gasteiger partial charge in [0.1, 0.15) is 23.0 Å². The van der Waals surface area contributed by atoms with Gasteiger partial charge >= 0.3 is 5.97 Å². The molecule has 1 fully saturated rings. The number of benzene rings is 1. The number of aromatic nitrogens is 2. The van der Waals surface area contributed by atoms with E-state index < -0.39 is 16.6 Å². The van der Waals surface area contributed by atoms with Crippen molar-refractivity contribution in [3.63, 3.8) is 0 Å². The lowest BCUT2D eigenvalue weighted by Crippen LogP contribution is -2.46. The molecule has 2 aliphatic rings. The molecule has 2 atom stereocenters. The maximum absolute atomic E-state index is 12.9. The van der Waals surface area contributed by atoms with Gasteiger partial charge < -0.3 is 14.8 Å². The second-order valence-electron chi connectivity index (χ2n) is 11.6. The molecular formula is C29H36N4O4S. The monoisotopic (exact) mass is 536 g/mol. The number of cyclic esters (lactones) is 1. The summed E-state index contributed by atoms with van der Waals surface area (Å²) in [4.78, 5) is 22.2. The van der Waals surface area contributed by atoms with Gasteiger partial charge in [0.25, 0.3) is 0 Å². The van der Waals surface area contributed by atoms with Gasteiger partial charge in [-0.15, -0.1) is 0 Å². The highest BCUT2D eigenvalue weighted by Crippen LogP contribution is 2.59. The molecule has 9 heteroatoms. The lowest BCUT2D eigenvalue weighted by Gasteiger charge is -2.39. The first-order chi connectivity index (χ1) is 17.9. The molecule has 5 rings (SSSR count). The van der Waals surface area contributed by atoms with Gasteiger partial charge in [-0.2, -0.15) is 0 Å². The Balaban J connectivity index is 1.53. The van der Waals surface area contributed by atoms with Crippen molar-refractivity contribution in [1.82, 2.24) is 14.7 Å². The highest BCUT2D eigenvalue weighted by molar-refractivity contribution is 7.84. The highest BCUT2D eigenvalue weighted by atomic mass is 32.2. The predicted molar refractivity (Wildman–Crippen MR) is 150 cm³/mol. The second-order valence-corrected chi connectivity index (χ2v) is 13.6. The lowest BCUT2D eigenvalue weighted by atomic mass is 9.80. The minimum absolute atomic E-state index is 0.122. The second kappa shape index (κ2) is 9.31. The molecule has 1 saturated carbocycles. The average molecular weight is 537 g/mol. The number of anilines is 2. The number of hydrogen-bond acceptors (Lipinski definition) is 7. The Bertz CT molecular complexity index is 1440. The van der Waals surface area contributed by atoms with E-state index >= 15 is 0 Å². The Morgan fingerprint density at radius 2 is 1.87 bits per heavy atom. The highest BCUT2D eigenvalue weighted by Gasteiger charge is 2.63. The van der Waals surface area contributed by atoms with Crippen molar-refractivity contribution in [3.05, 3.63) is 53.3 Å². The number of rotatable bonds is 7. The molecule has 202 valence electrons. The first-order valence-electron chi connectivity index (χ1n) is 13.1. The fraction of sp³-hybridized carbons (Fsp3) is 0.483. The number of fused-ring (bicyclic) bond motifs is 3. The fourth-order valence-electron chi connectivity index (χ4n) is 5.28. The zero-order valence-corrected chi connectivity index (χ0v) is 23.9. The van der Waals surface area contributed by atoms with Crippen molar-refractivity contribution in [1.29, 1.82) is 0 Å². The summed E-state index contributed by atoms with van der Waals surface area (Å²) in [6, 6.07) is 9.38. The maximum atomic E-state index is 12.9. The number of nitrogens with one attached hydrogen (secondary N) is 2. The van der Waals surface area contributed by atoms with Crippen molar-refractivity contribution >= 4 is 39.4 Å². The number of pyridine rings is 2. The first kappa shape index (κ1) is 26.6. The van der Waals surface area contributed by atoms with E-state index in [2.05, 4.69) is 21.9 Å². The summed E-state index contributed by atoms with van der Waals surface area (Å²) in [6.07, 6.45) is 4.42. The molecule has 1 spiro atoms. The minimum atomic E-state index is -1.23. The number of carbonyl (C=O) groups excluding carboxylic acids is 1. The Morgan fingerprint density at radius 3 is 2.50 bits per heavy atom. The molecule has 0 saturated heterocycles. The minimum Gasteiger partial charge on any atom is -0.496 e. The van der Waals surface area contributed by atoms with Crippen LogP contribution < -0.4 is 14.8 Å². The lowest BCUT2D eigenvalue weighted by molar-refractivity contribution is -0.0285. The molecule has 1 aliphatic heterocycles.